The van der Waals surface area contributed by atoms with E-state index in [-0.39, 0.29) is 18.1 Å². The standard InChI is InChI=1S/C13H15BrN2O2/c14-11-7-9(3-5-15-11)13(17)16-10-4-6-18-12(10)8-1-2-8/h3,5,7-8,10,12H,1-2,4,6H2,(H,16,17). The van der Waals surface area contributed by atoms with Gasteiger partial charge in [0.05, 0.1) is 12.1 Å². The highest BCUT2D eigenvalue weighted by atomic mass is 79.9. The minimum Gasteiger partial charge on any atom is -0.376 e. The van der Waals surface area contributed by atoms with Gasteiger partial charge in [-0.1, -0.05) is 0 Å². The summed E-state index contributed by atoms with van der Waals surface area (Å²) in [6, 6.07) is 3.62. The van der Waals surface area contributed by atoms with Crippen LogP contribution >= 0.6 is 15.9 Å². The Morgan fingerprint density at radius 3 is 3.00 bits per heavy atom. The SMILES string of the molecule is O=C(NC1CCOC1C1CC1)c1ccnc(Br)c1. The lowest BCUT2D eigenvalue weighted by Crippen LogP contribution is -2.41. The molecule has 1 N–H and O–H groups in total. The zero-order chi connectivity index (χ0) is 12.5. The van der Waals surface area contributed by atoms with E-state index < -0.39 is 0 Å². The monoisotopic (exact) mass is 310 g/mol. The number of carbonyl (C=O) groups excluding carboxylic acids is 1. The maximum absolute atomic E-state index is 12.1. The van der Waals surface area contributed by atoms with Crippen LogP contribution in [0, 0.1) is 5.92 Å². The lowest BCUT2D eigenvalue weighted by Gasteiger charge is -2.19. The Morgan fingerprint density at radius 1 is 1.44 bits per heavy atom. The molecule has 1 aromatic heterocycles. The molecule has 2 aliphatic rings. The summed E-state index contributed by atoms with van der Waals surface area (Å²) in [5.74, 6) is 0.612. The number of pyridine rings is 1. The van der Waals surface area contributed by atoms with Crippen LogP contribution in [0.25, 0.3) is 0 Å². The Balaban J connectivity index is 1.66. The Kier molecular flexibility index (Phi) is 3.35. The third-order valence-electron chi connectivity index (χ3n) is 3.53. The van der Waals surface area contributed by atoms with Crippen molar-refractivity contribution in [2.24, 2.45) is 5.92 Å². The summed E-state index contributed by atoms with van der Waals surface area (Å²) in [6.07, 6.45) is 5.23. The number of rotatable bonds is 3. The molecule has 1 amide bonds. The first kappa shape index (κ1) is 12.1. The fourth-order valence-electron chi connectivity index (χ4n) is 2.45. The minimum absolute atomic E-state index is 0.0424. The third-order valence-corrected chi connectivity index (χ3v) is 3.96. The topological polar surface area (TPSA) is 51.2 Å². The van der Waals surface area contributed by atoms with Crippen LogP contribution in [0.15, 0.2) is 22.9 Å². The largest absolute Gasteiger partial charge is 0.376 e. The van der Waals surface area contributed by atoms with E-state index >= 15 is 0 Å². The van der Waals surface area contributed by atoms with Gasteiger partial charge >= 0.3 is 0 Å². The van der Waals surface area contributed by atoms with Crippen LogP contribution in [-0.4, -0.2) is 29.6 Å². The van der Waals surface area contributed by atoms with Crippen molar-refractivity contribution >= 4 is 21.8 Å². The summed E-state index contributed by atoms with van der Waals surface area (Å²) < 4.78 is 6.39. The molecule has 18 heavy (non-hydrogen) atoms. The van der Waals surface area contributed by atoms with Crippen molar-refractivity contribution in [2.75, 3.05) is 6.61 Å². The van der Waals surface area contributed by atoms with Crippen LogP contribution in [-0.2, 0) is 4.74 Å². The molecular formula is C13H15BrN2O2. The number of hydrogen-bond donors (Lipinski definition) is 1. The molecule has 1 aromatic rings. The van der Waals surface area contributed by atoms with Crippen molar-refractivity contribution in [3.8, 4) is 0 Å². The van der Waals surface area contributed by atoms with E-state index in [1.54, 1.807) is 18.3 Å². The van der Waals surface area contributed by atoms with Crippen molar-refractivity contribution in [3.63, 3.8) is 0 Å². The molecule has 0 radical (unpaired) electrons. The fourth-order valence-corrected chi connectivity index (χ4v) is 2.82. The van der Waals surface area contributed by atoms with Gasteiger partial charge in [0.1, 0.15) is 4.60 Å². The Bertz CT molecular complexity index is 462. The summed E-state index contributed by atoms with van der Waals surface area (Å²) in [5, 5.41) is 3.08. The summed E-state index contributed by atoms with van der Waals surface area (Å²) in [6.45, 7) is 0.756. The Labute approximate surface area is 114 Å². The normalized spacial score (nSPS) is 27.2. The number of nitrogens with zero attached hydrogens (tertiary/aromatic N) is 1. The molecule has 5 heteroatoms. The maximum atomic E-state index is 12.1. The van der Waals surface area contributed by atoms with E-state index in [1.807, 2.05) is 0 Å². The number of halogens is 1. The van der Waals surface area contributed by atoms with Crippen molar-refractivity contribution < 1.29 is 9.53 Å². The molecule has 0 bridgehead atoms. The van der Waals surface area contributed by atoms with Gasteiger partial charge in [0.2, 0.25) is 0 Å². The second-order valence-corrected chi connectivity index (χ2v) is 5.72. The number of hydrogen-bond acceptors (Lipinski definition) is 3. The summed E-state index contributed by atoms with van der Waals surface area (Å²) >= 11 is 3.27. The van der Waals surface area contributed by atoms with Crippen molar-refractivity contribution in [3.05, 3.63) is 28.5 Å². The van der Waals surface area contributed by atoms with Crippen molar-refractivity contribution in [1.29, 1.82) is 0 Å². The van der Waals surface area contributed by atoms with E-state index in [1.165, 1.54) is 12.8 Å². The number of amides is 1. The van der Waals surface area contributed by atoms with Crippen LogP contribution < -0.4 is 5.32 Å². The van der Waals surface area contributed by atoms with Gasteiger partial charge in [-0.15, -0.1) is 0 Å². The van der Waals surface area contributed by atoms with Gasteiger partial charge in [-0.3, -0.25) is 4.79 Å². The zero-order valence-electron chi connectivity index (χ0n) is 9.93. The van der Waals surface area contributed by atoms with Crippen LogP contribution in [0.2, 0.25) is 0 Å². The van der Waals surface area contributed by atoms with Crippen LogP contribution in [0.1, 0.15) is 29.6 Å². The third kappa shape index (κ3) is 2.57. The summed E-state index contributed by atoms with van der Waals surface area (Å²) in [4.78, 5) is 16.1. The smallest absolute Gasteiger partial charge is 0.251 e. The summed E-state index contributed by atoms with van der Waals surface area (Å²) in [5.41, 5.74) is 0.637. The molecule has 1 aliphatic carbocycles. The predicted molar refractivity (Wildman–Crippen MR) is 70.3 cm³/mol. The van der Waals surface area contributed by atoms with Gasteiger partial charge in [0, 0.05) is 18.4 Å². The second-order valence-electron chi connectivity index (χ2n) is 4.91. The van der Waals surface area contributed by atoms with Crippen LogP contribution in [0.4, 0.5) is 0 Å². The first-order valence-electron chi connectivity index (χ1n) is 6.28. The number of nitrogens with one attached hydrogen (secondary N) is 1. The molecule has 4 nitrogen and oxygen atoms in total. The zero-order valence-corrected chi connectivity index (χ0v) is 11.5. The van der Waals surface area contributed by atoms with Gasteiger partial charge in [-0.25, -0.2) is 4.98 Å². The van der Waals surface area contributed by atoms with E-state index in [2.05, 4.69) is 26.2 Å². The quantitative estimate of drug-likeness (QED) is 0.870. The van der Waals surface area contributed by atoms with E-state index in [4.69, 9.17) is 4.74 Å². The molecule has 0 aromatic carbocycles. The van der Waals surface area contributed by atoms with Crippen molar-refractivity contribution in [1.82, 2.24) is 10.3 Å². The number of carbonyl (C=O) groups is 1. The molecule has 1 aliphatic heterocycles. The van der Waals surface area contributed by atoms with E-state index in [0.29, 0.717) is 16.1 Å². The molecule has 2 fully saturated rings. The molecular weight excluding hydrogens is 296 g/mol. The van der Waals surface area contributed by atoms with Crippen LogP contribution in [0.3, 0.4) is 0 Å². The van der Waals surface area contributed by atoms with Crippen LogP contribution in [0.5, 0.6) is 0 Å². The molecule has 96 valence electrons. The molecule has 2 atom stereocenters. The summed E-state index contributed by atoms with van der Waals surface area (Å²) in [7, 11) is 0. The number of aromatic nitrogens is 1. The number of ether oxygens (including phenoxy) is 1. The average molecular weight is 311 g/mol. The van der Waals surface area contributed by atoms with Gasteiger partial charge in [0.25, 0.3) is 5.91 Å². The van der Waals surface area contributed by atoms with E-state index in [9.17, 15) is 4.79 Å². The highest BCUT2D eigenvalue weighted by Crippen LogP contribution is 2.38. The molecule has 2 heterocycles. The fraction of sp³-hybridized carbons (Fsp3) is 0.538. The van der Waals surface area contributed by atoms with Gasteiger partial charge in [-0.2, -0.15) is 0 Å². The van der Waals surface area contributed by atoms with E-state index in [0.717, 1.165) is 13.0 Å². The highest BCUT2D eigenvalue weighted by molar-refractivity contribution is 9.10. The molecule has 1 saturated carbocycles. The Morgan fingerprint density at radius 2 is 2.28 bits per heavy atom. The van der Waals surface area contributed by atoms with Gasteiger partial charge < -0.3 is 10.1 Å². The molecule has 1 saturated heterocycles. The highest BCUT2D eigenvalue weighted by Gasteiger charge is 2.41. The first-order chi connectivity index (χ1) is 8.74. The molecule has 0 spiro atoms. The Hall–Kier alpha value is -0.940. The first-order valence-corrected chi connectivity index (χ1v) is 7.07. The lowest BCUT2D eigenvalue weighted by molar-refractivity contribution is 0.0729. The maximum Gasteiger partial charge on any atom is 0.251 e. The molecule has 2 unspecified atom stereocenters. The molecule has 3 rings (SSSR count). The van der Waals surface area contributed by atoms with Crippen molar-refractivity contribution in [2.45, 2.75) is 31.4 Å². The van der Waals surface area contributed by atoms with Gasteiger partial charge in [-0.05, 0) is 53.2 Å². The lowest BCUT2D eigenvalue weighted by atomic mass is 10.1. The minimum atomic E-state index is -0.0424. The predicted octanol–water partition coefficient (Wildman–Crippen LogP) is 2.14. The van der Waals surface area contributed by atoms with Gasteiger partial charge in [0.15, 0.2) is 0 Å². The average Bonchev–Trinajstić information content (AvgIpc) is 3.10. The second kappa shape index (κ2) is 4.97.